The van der Waals surface area contributed by atoms with Gasteiger partial charge in [0, 0.05) is 35.0 Å². The molecule has 8 heteroatoms. The van der Waals surface area contributed by atoms with Crippen LogP contribution in [0.1, 0.15) is 29.4 Å². The first kappa shape index (κ1) is 20.1. The van der Waals surface area contributed by atoms with E-state index in [0.717, 1.165) is 41.6 Å². The minimum absolute atomic E-state index is 0. The minimum Gasteiger partial charge on any atom is -0.350 e. The third-order valence-electron chi connectivity index (χ3n) is 3.96. The first-order valence-electron chi connectivity index (χ1n) is 8.15. The molecule has 2 aromatic rings. The number of hydrogen-bond donors (Lipinski definition) is 2. The second-order valence-electron chi connectivity index (χ2n) is 5.74. The van der Waals surface area contributed by atoms with E-state index in [-0.39, 0.29) is 18.3 Å². The third-order valence-corrected chi connectivity index (χ3v) is 5.22. The monoisotopic (exact) mass is 400 g/mol. The highest BCUT2D eigenvalue weighted by Crippen LogP contribution is 2.19. The van der Waals surface area contributed by atoms with Crippen LogP contribution in [0, 0.1) is 0 Å². The number of halogens is 2. The number of nitrogens with one attached hydrogen (secondary N) is 2. The normalized spacial score (nSPS) is 16.9. The van der Waals surface area contributed by atoms with Crippen molar-refractivity contribution in [3.8, 4) is 0 Å². The lowest BCUT2D eigenvalue weighted by Crippen LogP contribution is -2.32. The summed E-state index contributed by atoms with van der Waals surface area (Å²) in [6, 6.07) is 9.84. The lowest BCUT2D eigenvalue weighted by Gasteiger charge is -2.22. The summed E-state index contributed by atoms with van der Waals surface area (Å²) < 4.78 is 1.91. The molecule has 1 unspecified atom stereocenters. The summed E-state index contributed by atoms with van der Waals surface area (Å²) in [4.78, 5) is 13.3. The van der Waals surface area contributed by atoms with Gasteiger partial charge in [-0.2, -0.15) is 5.10 Å². The molecule has 0 radical (unpaired) electrons. The van der Waals surface area contributed by atoms with Gasteiger partial charge in [-0.1, -0.05) is 11.6 Å². The summed E-state index contributed by atoms with van der Waals surface area (Å²) in [6.07, 6.45) is 4.15. The standard InChI is InChI=1S/C17H21ClN4OS.ClH/c18-13-3-5-15(6-4-13)24-11-9-20-17(23)16-7-10-22(21-16)14-2-1-8-19-12-14;/h3-7,10,14,19H,1-2,8-9,11-12H2,(H,20,23);1H. The molecular weight excluding hydrogens is 379 g/mol. The average Bonchev–Trinajstić information content (AvgIpc) is 3.11. The molecule has 1 aliphatic rings. The Hall–Kier alpha value is -1.21. The fraction of sp³-hybridized carbons (Fsp3) is 0.412. The summed E-state index contributed by atoms with van der Waals surface area (Å²) in [6.45, 7) is 2.58. The molecule has 0 bridgehead atoms. The fourth-order valence-electron chi connectivity index (χ4n) is 2.68. The van der Waals surface area contributed by atoms with Gasteiger partial charge in [-0.25, -0.2) is 0 Å². The first-order chi connectivity index (χ1) is 11.7. The van der Waals surface area contributed by atoms with Crippen molar-refractivity contribution in [2.24, 2.45) is 0 Å². The van der Waals surface area contributed by atoms with Crippen molar-refractivity contribution in [2.45, 2.75) is 23.8 Å². The van der Waals surface area contributed by atoms with Crippen LogP contribution in [0.3, 0.4) is 0 Å². The van der Waals surface area contributed by atoms with Crippen molar-refractivity contribution in [1.29, 1.82) is 0 Å². The van der Waals surface area contributed by atoms with E-state index >= 15 is 0 Å². The number of carbonyl (C=O) groups is 1. The zero-order valence-corrected chi connectivity index (χ0v) is 16.2. The van der Waals surface area contributed by atoms with Gasteiger partial charge >= 0.3 is 0 Å². The summed E-state index contributed by atoms with van der Waals surface area (Å²) in [5.41, 5.74) is 0.483. The van der Waals surface area contributed by atoms with Gasteiger partial charge in [-0.15, -0.1) is 24.2 Å². The number of piperidine rings is 1. The average molecular weight is 401 g/mol. The molecule has 1 aromatic heterocycles. The predicted octanol–water partition coefficient (Wildman–Crippen LogP) is 3.40. The van der Waals surface area contributed by atoms with Crippen LogP contribution in [0.4, 0.5) is 0 Å². The van der Waals surface area contributed by atoms with E-state index in [1.165, 1.54) is 0 Å². The van der Waals surface area contributed by atoms with Crippen LogP contribution in [0.2, 0.25) is 5.02 Å². The Kier molecular flexibility index (Phi) is 8.09. The smallest absolute Gasteiger partial charge is 0.271 e. The molecule has 25 heavy (non-hydrogen) atoms. The molecule has 1 aliphatic heterocycles. The lowest BCUT2D eigenvalue weighted by atomic mass is 10.1. The summed E-state index contributed by atoms with van der Waals surface area (Å²) in [5, 5.41) is 11.4. The van der Waals surface area contributed by atoms with Crippen LogP contribution in [0.25, 0.3) is 0 Å². The van der Waals surface area contributed by atoms with Crippen LogP contribution < -0.4 is 10.6 Å². The van der Waals surface area contributed by atoms with Crippen LogP contribution >= 0.6 is 35.8 Å². The molecule has 1 atom stereocenters. The predicted molar refractivity (Wildman–Crippen MR) is 105 cm³/mol. The molecule has 3 rings (SSSR count). The molecule has 0 saturated carbocycles. The number of benzene rings is 1. The van der Waals surface area contributed by atoms with Crippen molar-refractivity contribution in [2.75, 3.05) is 25.4 Å². The molecule has 0 spiro atoms. The molecule has 5 nitrogen and oxygen atoms in total. The Morgan fingerprint density at radius 3 is 2.88 bits per heavy atom. The molecule has 136 valence electrons. The summed E-state index contributed by atoms with van der Waals surface area (Å²) >= 11 is 7.55. The second kappa shape index (κ2) is 10.1. The van der Waals surface area contributed by atoms with Crippen molar-refractivity contribution in [3.05, 3.63) is 47.2 Å². The van der Waals surface area contributed by atoms with Gasteiger partial charge in [0.15, 0.2) is 0 Å². The van der Waals surface area contributed by atoms with Crippen molar-refractivity contribution in [3.63, 3.8) is 0 Å². The number of carbonyl (C=O) groups excluding carboxylic acids is 1. The van der Waals surface area contributed by atoms with E-state index < -0.39 is 0 Å². The topological polar surface area (TPSA) is 59.0 Å². The van der Waals surface area contributed by atoms with Crippen LogP contribution in [0.5, 0.6) is 0 Å². The maximum atomic E-state index is 12.2. The zero-order valence-electron chi connectivity index (χ0n) is 13.8. The highest BCUT2D eigenvalue weighted by molar-refractivity contribution is 7.99. The molecule has 1 saturated heterocycles. The van der Waals surface area contributed by atoms with Crippen LogP contribution in [-0.2, 0) is 0 Å². The summed E-state index contributed by atoms with van der Waals surface area (Å²) in [7, 11) is 0. The quantitative estimate of drug-likeness (QED) is 0.576. The molecule has 1 fully saturated rings. The molecule has 2 N–H and O–H groups in total. The number of nitrogens with zero attached hydrogens (tertiary/aromatic N) is 2. The van der Waals surface area contributed by atoms with Crippen molar-refractivity contribution in [1.82, 2.24) is 20.4 Å². The molecule has 0 aliphatic carbocycles. The SMILES string of the molecule is Cl.O=C(NCCSc1ccc(Cl)cc1)c1ccn(C2CCCNC2)n1. The maximum absolute atomic E-state index is 12.2. The minimum atomic E-state index is -0.116. The number of hydrogen-bond acceptors (Lipinski definition) is 4. The van der Waals surface area contributed by atoms with E-state index in [1.807, 2.05) is 35.1 Å². The Morgan fingerprint density at radius 1 is 1.36 bits per heavy atom. The number of rotatable bonds is 6. The molecule has 1 aromatic carbocycles. The van der Waals surface area contributed by atoms with E-state index in [2.05, 4.69) is 15.7 Å². The van der Waals surface area contributed by atoms with Gasteiger partial charge in [0.05, 0.1) is 6.04 Å². The highest BCUT2D eigenvalue weighted by atomic mass is 35.5. The molecular formula is C17H22Cl2N4OS. The number of aromatic nitrogens is 2. The Bertz CT molecular complexity index is 672. The van der Waals surface area contributed by atoms with Crippen molar-refractivity contribution >= 4 is 41.7 Å². The second-order valence-corrected chi connectivity index (χ2v) is 7.34. The number of amides is 1. The number of thioether (sulfide) groups is 1. The lowest BCUT2D eigenvalue weighted by molar-refractivity contribution is 0.0950. The van der Waals surface area contributed by atoms with Crippen LogP contribution in [0.15, 0.2) is 41.4 Å². The van der Waals surface area contributed by atoms with E-state index in [0.29, 0.717) is 18.3 Å². The Labute approximate surface area is 163 Å². The first-order valence-corrected chi connectivity index (χ1v) is 9.51. The van der Waals surface area contributed by atoms with Crippen molar-refractivity contribution < 1.29 is 4.79 Å². The molecule has 1 amide bonds. The summed E-state index contributed by atoms with van der Waals surface area (Å²) in [5.74, 6) is 0.690. The zero-order chi connectivity index (χ0) is 16.8. The van der Waals surface area contributed by atoms with E-state index in [1.54, 1.807) is 17.8 Å². The van der Waals surface area contributed by atoms with Gasteiger partial charge in [0.1, 0.15) is 5.69 Å². The van der Waals surface area contributed by atoms with E-state index in [4.69, 9.17) is 11.6 Å². The Morgan fingerprint density at radius 2 is 2.16 bits per heavy atom. The van der Waals surface area contributed by atoms with Crippen LogP contribution in [-0.4, -0.2) is 41.1 Å². The van der Waals surface area contributed by atoms with Gasteiger partial charge in [0.25, 0.3) is 5.91 Å². The van der Waals surface area contributed by atoms with Gasteiger partial charge in [-0.05, 0) is 49.7 Å². The largest absolute Gasteiger partial charge is 0.350 e. The maximum Gasteiger partial charge on any atom is 0.271 e. The van der Waals surface area contributed by atoms with E-state index in [9.17, 15) is 4.79 Å². The van der Waals surface area contributed by atoms with Gasteiger partial charge in [-0.3, -0.25) is 9.48 Å². The van der Waals surface area contributed by atoms with Gasteiger partial charge in [0.2, 0.25) is 0 Å². The highest BCUT2D eigenvalue weighted by Gasteiger charge is 2.17. The van der Waals surface area contributed by atoms with Gasteiger partial charge < -0.3 is 10.6 Å². The fourth-order valence-corrected chi connectivity index (χ4v) is 3.57. The third kappa shape index (κ3) is 5.92. The Balaban J connectivity index is 0.00000225. The molecule has 2 heterocycles.